The van der Waals surface area contributed by atoms with Crippen molar-refractivity contribution in [3.8, 4) is 0 Å². The van der Waals surface area contributed by atoms with E-state index in [0.717, 1.165) is 48.6 Å². The number of carbonyl (C=O) groups excluding carboxylic acids is 8. The number of esters is 8. The van der Waals surface area contributed by atoms with Gasteiger partial charge < -0.3 is 87.6 Å². The van der Waals surface area contributed by atoms with Crippen LogP contribution in [-0.4, -0.2) is 177 Å². The Balaban J connectivity index is 1.94. The molecule has 0 spiro atoms. The molecule has 0 amide bonds. The first kappa shape index (κ1) is 71.7. The van der Waals surface area contributed by atoms with Gasteiger partial charge in [-0.2, -0.15) is 0 Å². The first-order valence-corrected chi connectivity index (χ1v) is 43.6. The van der Waals surface area contributed by atoms with Crippen LogP contribution in [0.3, 0.4) is 0 Å². The highest BCUT2D eigenvalue weighted by Crippen LogP contribution is 2.53. The summed E-state index contributed by atoms with van der Waals surface area (Å²) in [6.45, 7) is 26.3. The Labute approximate surface area is 508 Å². The van der Waals surface area contributed by atoms with E-state index >= 15 is 0 Å². The first-order valence-electron chi connectivity index (χ1n) is 27.8. The molecule has 28 nitrogen and oxygen atoms in total. The van der Waals surface area contributed by atoms with Gasteiger partial charge in [0.1, 0.15) is 0 Å². The van der Waals surface area contributed by atoms with E-state index in [9.17, 15) is 38.4 Å². The number of hydrogen-bond donors (Lipinski definition) is 0. The van der Waals surface area contributed by atoms with Crippen molar-refractivity contribution in [3.63, 3.8) is 0 Å². The van der Waals surface area contributed by atoms with Crippen molar-refractivity contribution in [1.29, 1.82) is 0 Å². The van der Waals surface area contributed by atoms with Crippen LogP contribution in [0.25, 0.3) is 0 Å². The van der Waals surface area contributed by atoms with E-state index < -0.39 is 124 Å². The maximum absolute atomic E-state index is 12.6. The van der Waals surface area contributed by atoms with Crippen LogP contribution in [0.2, 0.25) is 48.4 Å². The molecule has 6 aliphatic heterocycles. The largest absolute Gasteiger partial charge is 0.486 e. The smallest absolute Gasteiger partial charge is 0.463 e. The lowest BCUT2D eigenvalue weighted by atomic mass is 10.4. The summed E-state index contributed by atoms with van der Waals surface area (Å²) in [5, 5.41) is 0. The lowest BCUT2D eigenvalue weighted by Gasteiger charge is -2.59. The summed E-state index contributed by atoms with van der Waals surface area (Å²) >= 11 is 0. The Morgan fingerprint density at radius 2 is 0.442 bits per heavy atom. The second-order valence-electron chi connectivity index (χ2n) is 19.3. The second kappa shape index (κ2) is 34.1. The summed E-state index contributed by atoms with van der Waals surface area (Å²) in [7, 11) is -38.5. The summed E-state index contributed by atoms with van der Waals surface area (Å²) in [4.78, 5) is 100. The molecule has 8 bridgehead atoms. The minimum Gasteiger partial charge on any atom is -0.463 e. The third-order valence-electron chi connectivity index (χ3n) is 12.6. The van der Waals surface area contributed by atoms with Crippen molar-refractivity contribution in [2.45, 2.75) is 106 Å². The summed E-state index contributed by atoms with van der Waals surface area (Å²) in [5.41, 5.74) is 0. The molecule has 86 heavy (non-hydrogen) atoms. The quantitative estimate of drug-likeness (QED) is 0.0251. The highest BCUT2D eigenvalue weighted by atomic mass is 28.6. The average molecular weight is 1350 g/mol. The molecule has 0 N–H and O–H groups in total. The summed E-state index contributed by atoms with van der Waals surface area (Å²) in [6, 6.07) is -1.56. The maximum atomic E-state index is 12.6. The van der Waals surface area contributed by atoms with Gasteiger partial charge in [0.15, 0.2) is 0 Å². The minimum atomic E-state index is -4.91. The molecule has 0 radical (unpaired) electrons. The van der Waals surface area contributed by atoms with Gasteiger partial charge in [-0.05, 0) is 63.8 Å². The van der Waals surface area contributed by atoms with Crippen LogP contribution in [0.5, 0.6) is 0 Å². The number of ether oxygens (including phenoxy) is 8. The van der Waals surface area contributed by atoms with Gasteiger partial charge in [-0.25, -0.2) is 38.4 Å². The molecule has 6 saturated heterocycles. The summed E-state index contributed by atoms with van der Waals surface area (Å²) < 4.78 is 136. The molecule has 0 saturated carbocycles. The Morgan fingerprint density at radius 3 is 0.686 bits per heavy atom. The SMILES string of the molecule is C=CC(=O)OCCCC[Si]12O[Si]3(CCCOC(=O)C=C)O[Si]4(CCCOC(=O)C=C)CO[Si]5(CCCOC(=O)C=C)O[Si](CCCOC(=O)C=C)(O3)O[Si](CCCOC(=O)C=C)(O[Si](CCCOC(=O)C=C)(O5)O[Si](CCCOC(=O)C=C)(O4)O1)O2. The lowest BCUT2D eigenvalue weighted by Crippen LogP contribution is -2.84. The van der Waals surface area contributed by atoms with E-state index in [1.54, 1.807) is 0 Å². The molecule has 0 aromatic carbocycles. The lowest BCUT2D eigenvalue weighted by molar-refractivity contribution is -0.138. The molecule has 0 aromatic heterocycles. The normalized spacial score (nSPS) is 28.5. The molecule has 0 aliphatic carbocycles. The predicted molar refractivity (Wildman–Crippen MR) is 313 cm³/mol. The predicted octanol–water partition coefficient (Wildman–Crippen LogP) is 5.15. The van der Waals surface area contributed by atoms with Crippen molar-refractivity contribution in [2.75, 3.05) is 59.1 Å². The molecule has 6 rings (SSSR count). The van der Waals surface area contributed by atoms with Crippen LogP contribution < -0.4 is 0 Å². The molecular weight excluding hydrogens is 1270 g/mol. The highest BCUT2D eigenvalue weighted by molar-refractivity contribution is 7.02. The summed E-state index contributed by atoms with van der Waals surface area (Å²) in [6.07, 6.45) is 7.57. The third-order valence-corrected chi connectivity index (χ3v) is 49.8. The summed E-state index contributed by atoms with van der Waals surface area (Å²) in [5.74, 6) is -5.89. The van der Waals surface area contributed by atoms with Crippen LogP contribution in [0.15, 0.2) is 101 Å². The monoisotopic (exact) mass is 1350 g/mol. The van der Waals surface area contributed by atoms with Gasteiger partial charge in [-0.1, -0.05) is 52.6 Å². The number of rotatable bonds is 41. The zero-order chi connectivity index (χ0) is 62.8. The van der Waals surface area contributed by atoms with Crippen molar-refractivity contribution in [1.82, 2.24) is 0 Å². The number of carbonyl (C=O) groups is 8. The molecule has 36 heteroatoms. The van der Waals surface area contributed by atoms with Crippen molar-refractivity contribution in [3.05, 3.63) is 101 Å². The van der Waals surface area contributed by atoms with Gasteiger partial charge in [0.25, 0.3) is 0 Å². The standard InChI is InChI=1S/C50H76O28Si8/c1-9-43(51)59-26-17-18-35-83-72-81(37-21-29-62-46(54)12-4)68-79(34-19-27-60-44(52)10-2)42-67-80(36-20-28-61-45(53)11-3)70-84(74-81,39-23-31-64-48(56)14-6)77-86(76-83,41-25-33-66-50(58)16-8)78-85(71-80,40-24-32-65-49(57)15-7)75-82(69-79,73-83)38-22-30-63-47(55)13-5/h9-16H,1-8,17-42H2. The van der Waals surface area contributed by atoms with Gasteiger partial charge in [0.05, 0.1) is 59.1 Å². The van der Waals surface area contributed by atoms with Crippen LogP contribution in [0.4, 0.5) is 0 Å². The third kappa shape index (κ3) is 21.6. The Hall–Kier alpha value is -5.06. The van der Waals surface area contributed by atoms with E-state index in [1.807, 2.05) is 0 Å². The highest BCUT2D eigenvalue weighted by Gasteiger charge is 2.81. The molecule has 6 aliphatic rings. The molecule has 6 fully saturated rings. The van der Waals surface area contributed by atoms with E-state index in [1.165, 1.54) is 0 Å². The molecule has 4 atom stereocenters. The molecule has 4 unspecified atom stereocenters. The van der Waals surface area contributed by atoms with Crippen molar-refractivity contribution >= 4 is 118 Å². The van der Waals surface area contributed by atoms with Crippen LogP contribution in [-0.2, 0) is 126 Å². The zero-order valence-electron chi connectivity index (χ0n) is 48.1. The Bertz CT molecular complexity index is 2410. The Kier molecular flexibility index (Phi) is 28.4. The van der Waals surface area contributed by atoms with Gasteiger partial charge in [0, 0.05) is 90.9 Å². The second-order valence-corrected chi connectivity index (χ2v) is 44.2. The van der Waals surface area contributed by atoms with Crippen LogP contribution in [0, 0.1) is 0 Å². The fourth-order valence-electron chi connectivity index (χ4n) is 9.09. The van der Waals surface area contributed by atoms with Crippen LogP contribution >= 0.6 is 0 Å². The fourth-order valence-corrected chi connectivity index (χ4v) is 58.3. The molecule has 0 aromatic rings. The number of hydrogen-bond acceptors (Lipinski definition) is 28. The van der Waals surface area contributed by atoms with Crippen molar-refractivity contribution < 1.29 is 126 Å². The minimum absolute atomic E-state index is 0.0181. The topological polar surface area (TPSA) is 321 Å². The van der Waals surface area contributed by atoms with E-state index in [0.29, 0.717) is 0 Å². The zero-order valence-corrected chi connectivity index (χ0v) is 56.1. The van der Waals surface area contributed by atoms with Crippen molar-refractivity contribution in [2.24, 2.45) is 0 Å². The van der Waals surface area contributed by atoms with E-state index in [2.05, 4.69) is 52.6 Å². The number of unbranched alkanes of at least 4 members (excludes halogenated alkanes) is 1. The number of fused-ring (bicyclic) bond motifs is 1. The van der Waals surface area contributed by atoms with Gasteiger partial charge in [-0.15, -0.1) is 0 Å². The van der Waals surface area contributed by atoms with Gasteiger partial charge in [-0.3, -0.25) is 0 Å². The van der Waals surface area contributed by atoms with E-state index in [4.69, 9.17) is 87.6 Å². The maximum Gasteiger partial charge on any atom is 0.486 e. The van der Waals surface area contributed by atoms with Gasteiger partial charge >= 0.3 is 118 Å². The fraction of sp³-hybridized carbons (Fsp3) is 0.520. The molecular formula is C50H76O28Si8. The van der Waals surface area contributed by atoms with Gasteiger partial charge in [0.2, 0.25) is 0 Å². The molecule has 476 valence electrons. The first-order chi connectivity index (χ1) is 41.1. The Morgan fingerprint density at radius 1 is 0.256 bits per heavy atom. The van der Waals surface area contributed by atoms with Crippen LogP contribution in [0.1, 0.15) is 57.8 Å². The average Bonchev–Trinajstić information content (AvgIpc) is 1.21. The van der Waals surface area contributed by atoms with E-state index in [-0.39, 0.29) is 159 Å². The molecule has 6 heterocycles.